The van der Waals surface area contributed by atoms with Crippen LogP contribution < -0.4 is 0 Å². The van der Waals surface area contributed by atoms with E-state index in [0.29, 0.717) is 32.5 Å². The SMILES string of the molecule is C=CC[C@@H](C[C@@H](C)C(=O)N1C(=O)O[C@@H](c2ccccc2)[C@H]1C)O[C@@H](C=C)CCOCc1ccccc1. The van der Waals surface area contributed by atoms with Gasteiger partial charge in [-0.1, -0.05) is 79.7 Å². The summed E-state index contributed by atoms with van der Waals surface area (Å²) in [7, 11) is 0. The Labute approximate surface area is 214 Å². The predicted molar refractivity (Wildman–Crippen MR) is 140 cm³/mol. The largest absolute Gasteiger partial charge is 0.439 e. The summed E-state index contributed by atoms with van der Waals surface area (Å²) in [5.74, 6) is -0.691. The van der Waals surface area contributed by atoms with Gasteiger partial charge in [-0.25, -0.2) is 9.69 Å². The molecule has 2 amide bonds. The van der Waals surface area contributed by atoms with Crippen molar-refractivity contribution in [2.45, 2.75) is 64.1 Å². The van der Waals surface area contributed by atoms with Crippen LogP contribution in [0.25, 0.3) is 0 Å². The maximum atomic E-state index is 13.3. The Morgan fingerprint density at radius 3 is 2.42 bits per heavy atom. The van der Waals surface area contributed by atoms with Gasteiger partial charge in [-0.3, -0.25) is 4.79 Å². The lowest BCUT2D eigenvalue weighted by molar-refractivity contribution is -0.134. The van der Waals surface area contributed by atoms with Crippen molar-refractivity contribution in [2.24, 2.45) is 5.92 Å². The van der Waals surface area contributed by atoms with Gasteiger partial charge >= 0.3 is 6.09 Å². The van der Waals surface area contributed by atoms with Crippen molar-refractivity contribution < 1.29 is 23.8 Å². The van der Waals surface area contributed by atoms with E-state index in [-0.39, 0.29) is 18.1 Å². The number of hydrogen-bond donors (Lipinski definition) is 0. The zero-order chi connectivity index (χ0) is 25.9. The molecule has 0 unspecified atom stereocenters. The summed E-state index contributed by atoms with van der Waals surface area (Å²) in [6.07, 6.45) is 3.70. The van der Waals surface area contributed by atoms with Crippen molar-refractivity contribution in [2.75, 3.05) is 6.61 Å². The summed E-state index contributed by atoms with van der Waals surface area (Å²) in [4.78, 5) is 27.1. The van der Waals surface area contributed by atoms with Gasteiger partial charge in [0.25, 0.3) is 0 Å². The zero-order valence-electron chi connectivity index (χ0n) is 21.3. The maximum absolute atomic E-state index is 13.3. The molecule has 6 nitrogen and oxygen atoms in total. The monoisotopic (exact) mass is 491 g/mol. The van der Waals surface area contributed by atoms with Gasteiger partial charge in [-0.2, -0.15) is 0 Å². The number of ether oxygens (including phenoxy) is 3. The van der Waals surface area contributed by atoms with Gasteiger partial charge in [0.05, 0.1) is 24.9 Å². The van der Waals surface area contributed by atoms with E-state index < -0.39 is 24.2 Å². The van der Waals surface area contributed by atoms with E-state index in [1.54, 1.807) is 12.2 Å². The minimum atomic E-state index is -0.603. The maximum Gasteiger partial charge on any atom is 0.417 e. The van der Waals surface area contributed by atoms with Crippen LogP contribution in [0.5, 0.6) is 0 Å². The van der Waals surface area contributed by atoms with Crippen LogP contribution in [-0.2, 0) is 25.6 Å². The van der Waals surface area contributed by atoms with E-state index in [2.05, 4.69) is 13.2 Å². The highest BCUT2D eigenvalue weighted by Gasteiger charge is 2.44. The molecule has 1 aliphatic rings. The Bertz CT molecular complexity index is 993. The van der Waals surface area contributed by atoms with Crippen molar-refractivity contribution in [3.05, 3.63) is 97.1 Å². The Balaban J connectivity index is 1.53. The zero-order valence-corrected chi connectivity index (χ0v) is 21.3. The quantitative estimate of drug-likeness (QED) is 0.231. The van der Waals surface area contributed by atoms with Crippen molar-refractivity contribution >= 4 is 12.0 Å². The van der Waals surface area contributed by atoms with Crippen molar-refractivity contribution in [1.29, 1.82) is 0 Å². The van der Waals surface area contributed by atoms with Gasteiger partial charge in [-0.15, -0.1) is 13.2 Å². The van der Waals surface area contributed by atoms with E-state index in [1.165, 1.54) is 4.90 Å². The van der Waals surface area contributed by atoms with Gasteiger partial charge < -0.3 is 14.2 Å². The molecule has 1 fully saturated rings. The van der Waals surface area contributed by atoms with Crippen LogP contribution in [0.4, 0.5) is 4.79 Å². The minimum absolute atomic E-state index is 0.217. The molecular formula is C30H37NO5. The molecule has 1 heterocycles. The van der Waals surface area contributed by atoms with E-state index in [0.717, 1.165) is 11.1 Å². The molecule has 3 rings (SSSR count). The lowest BCUT2D eigenvalue weighted by Gasteiger charge is -2.27. The first-order valence-electron chi connectivity index (χ1n) is 12.5. The second-order valence-electron chi connectivity index (χ2n) is 9.18. The van der Waals surface area contributed by atoms with E-state index in [9.17, 15) is 9.59 Å². The highest BCUT2D eigenvalue weighted by Crippen LogP contribution is 2.34. The summed E-state index contributed by atoms with van der Waals surface area (Å²) in [6.45, 7) is 12.5. The van der Waals surface area contributed by atoms with Crippen LogP contribution in [0, 0.1) is 5.92 Å². The lowest BCUT2D eigenvalue weighted by Crippen LogP contribution is -2.42. The number of carbonyl (C=O) groups excluding carboxylic acids is 2. The number of hydrogen-bond acceptors (Lipinski definition) is 5. The summed E-state index contributed by atoms with van der Waals surface area (Å²) in [5, 5.41) is 0. The number of imide groups is 1. The number of nitrogens with zero attached hydrogens (tertiary/aromatic N) is 1. The highest BCUT2D eigenvalue weighted by molar-refractivity contribution is 5.94. The number of cyclic esters (lactones) is 1. The molecular weight excluding hydrogens is 454 g/mol. The first kappa shape index (κ1) is 27.4. The summed E-state index contributed by atoms with van der Waals surface area (Å²) >= 11 is 0. The van der Waals surface area contributed by atoms with Crippen molar-refractivity contribution in [3.63, 3.8) is 0 Å². The molecule has 5 atom stereocenters. The average molecular weight is 492 g/mol. The first-order chi connectivity index (χ1) is 17.4. The number of carbonyl (C=O) groups is 2. The summed E-state index contributed by atoms with van der Waals surface area (Å²) in [5.41, 5.74) is 1.99. The second kappa shape index (κ2) is 13.8. The molecule has 2 aromatic rings. The van der Waals surface area contributed by atoms with Crippen LogP contribution in [0.3, 0.4) is 0 Å². The second-order valence-corrected chi connectivity index (χ2v) is 9.18. The third-order valence-corrected chi connectivity index (χ3v) is 6.39. The van der Waals surface area contributed by atoms with Crippen molar-refractivity contribution in [1.82, 2.24) is 4.90 Å². The third-order valence-electron chi connectivity index (χ3n) is 6.39. The summed E-state index contributed by atoms with van der Waals surface area (Å²) < 4.78 is 17.6. The fourth-order valence-electron chi connectivity index (χ4n) is 4.42. The van der Waals surface area contributed by atoms with Gasteiger partial charge in [0.1, 0.15) is 6.10 Å². The normalized spacial score (nSPS) is 19.8. The van der Waals surface area contributed by atoms with Crippen LogP contribution in [0.2, 0.25) is 0 Å². The molecule has 0 radical (unpaired) electrons. The number of amides is 2. The topological polar surface area (TPSA) is 65.1 Å². The van der Waals surface area contributed by atoms with Gasteiger partial charge in [0.15, 0.2) is 0 Å². The van der Waals surface area contributed by atoms with Crippen LogP contribution in [-0.4, -0.2) is 41.8 Å². The summed E-state index contributed by atoms with van der Waals surface area (Å²) in [6, 6.07) is 19.1. The number of rotatable bonds is 14. The molecule has 1 aliphatic heterocycles. The van der Waals surface area contributed by atoms with Gasteiger partial charge in [0.2, 0.25) is 5.91 Å². The molecule has 0 spiro atoms. The highest BCUT2D eigenvalue weighted by atomic mass is 16.6. The van der Waals surface area contributed by atoms with Gasteiger partial charge in [0, 0.05) is 18.9 Å². The van der Waals surface area contributed by atoms with Crippen LogP contribution in [0.15, 0.2) is 86.0 Å². The Morgan fingerprint density at radius 2 is 1.78 bits per heavy atom. The molecule has 2 aromatic carbocycles. The first-order valence-corrected chi connectivity index (χ1v) is 12.5. The van der Waals surface area contributed by atoms with E-state index in [4.69, 9.17) is 14.2 Å². The molecule has 0 bridgehead atoms. The minimum Gasteiger partial charge on any atom is -0.439 e. The molecule has 0 aromatic heterocycles. The standard InChI is InChI=1S/C30H37NO5/c1-5-13-27(35-26(6-2)18-19-34-21-24-14-9-7-10-15-24)20-22(3)29(32)31-23(4)28(36-30(31)33)25-16-11-8-12-17-25/h5-12,14-17,22-23,26-28H,1-2,13,18-21H2,3-4H3/t22-,23-,26+,27+,28-/m1/s1. The Kier molecular flexibility index (Phi) is 10.5. The fraction of sp³-hybridized carbons (Fsp3) is 0.400. The fourth-order valence-corrected chi connectivity index (χ4v) is 4.42. The lowest BCUT2D eigenvalue weighted by atomic mass is 9.98. The molecule has 1 saturated heterocycles. The predicted octanol–water partition coefficient (Wildman–Crippen LogP) is 6.24. The van der Waals surface area contributed by atoms with E-state index >= 15 is 0 Å². The van der Waals surface area contributed by atoms with Crippen molar-refractivity contribution in [3.8, 4) is 0 Å². The molecule has 0 saturated carbocycles. The third kappa shape index (κ3) is 7.39. The number of benzene rings is 2. The average Bonchev–Trinajstić information content (AvgIpc) is 3.20. The van der Waals surface area contributed by atoms with Crippen LogP contribution in [0.1, 0.15) is 50.3 Å². The molecule has 36 heavy (non-hydrogen) atoms. The molecule has 0 aliphatic carbocycles. The van der Waals surface area contributed by atoms with Gasteiger partial charge in [-0.05, 0) is 30.9 Å². The molecule has 0 N–H and O–H groups in total. The smallest absolute Gasteiger partial charge is 0.417 e. The Hall–Kier alpha value is -3.22. The van der Waals surface area contributed by atoms with E-state index in [1.807, 2.05) is 74.5 Å². The molecule has 192 valence electrons. The van der Waals surface area contributed by atoms with Crippen LogP contribution >= 0.6 is 0 Å². The Morgan fingerprint density at radius 1 is 1.11 bits per heavy atom. The molecule has 6 heteroatoms.